The number of amides is 3. The summed E-state index contributed by atoms with van der Waals surface area (Å²) in [4.78, 5) is 40.1. The molecule has 1 N–H and O–H groups in total. The van der Waals surface area contributed by atoms with Crippen LogP contribution in [0.25, 0.3) is 0 Å². The quantitative estimate of drug-likeness (QED) is 0.811. The number of ether oxygens (including phenoxy) is 1. The van der Waals surface area contributed by atoms with Crippen LogP contribution in [0, 0.1) is 23.7 Å². The molecular formula is C23H22N2O4. The predicted molar refractivity (Wildman–Crippen MR) is 108 cm³/mol. The Morgan fingerprint density at radius 3 is 2.38 bits per heavy atom. The monoisotopic (exact) mass is 390 g/mol. The largest absolute Gasteiger partial charge is 0.497 e. The van der Waals surface area contributed by atoms with Gasteiger partial charge in [-0.2, -0.15) is 0 Å². The van der Waals surface area contributed by atoms with Gasteiger partial charge in [0.05, 0.1) is 24.6 Å². The Morgan fingerprint density at radius 2 is 1.69 bits per heavy atom. The lowest BCUT2D eigenvalue weighted by atomic mass is 9.81. The fourth-order valence-electron chi connectivity index (χ4n) is 5.35. The van der Waals surface area contributed by atoms with Gasteiger partial charge in [-0.3, -0.25) is 19.3 Å². The summed E-state index contributed by atoms with van der Waals surface area (Å²) in [7, 11) is 1.57. The van der Waals surface area contributed by atoms with Crippen molar-refractivity contribution in [3.63, 3.8) is 0 Å². The summed E-state index contributed by atoms with van der Waals surface area (Å²) in [5, 5.41) is 2.83. The van der Waals surface area contributed by atoms with E-state index in [4.69, 9.17) is 4.74 Å². The molecule has 0 unspecified atom stereocenters. The van der Waals surface area contributed by atoms with Gasteiger partial charge in [-0.1, -0.05) is 12.1 Å². The molecule has 0 spiro atoms. The van der Waals surface area contributed by atoms with Crippen molar-refractivity contribution in [2.24, 2.45) is 23.7 Å². The number of carbonyl (C=O) groups is 3. The lowest BCUT2D eigenvalue weighted by Crippen LogP contribution is -2.33. The normalized spacial score (nSPS) is 27.3. The van der Waals surface area contributed by atoms with E-state index in [9.17, 15) is 14.4 Å². The fraction of sp³-hybridized carbons (Fsp3) is 0.348. The highest BCUT2D eigenvalue weighted by Crippen LogP contribution is 2.56. The zero-order chi connectivity index (χ0) is 20.1. The Hall–Kier alpha value is -3.15. The van der Waals surface area contributed by atoms with E-state index < -0.39 is 0 Å². The number of methoxy groups -OCH3 is 1. The van der Waals surface area contributed by atoms with Crippen LogP contribution in [0.4, 0.5) is 11.4 Å². The van der Waals surface area contributed by atoms with Crippen molar-refractivity contribution >= 4 is 29.1 Å². The molecule has 6 nitrogen and oxygen atoms in total. The second-order valence-corrected chi connectivity index (χ2v) is 8.13. The Morgan fingerprint density at radius 1 is 1.00 bits per heavy atom. The second kappa shape index (κ2) is 6.72. The second-order valence-electron chi connectivity index (χ2n) is 8.13. The van der Waals surface area contributed by atoms with Crippen molar-refractivity contribution in [1.29, 1.82) is 0 Å². The van der Waals surface area contributed by atoms with Crippen molar-refractivity contribution < 1.29 is 19.1 Å². The Balaban J connectivity index is 1.39. The zero-order valence-corrected chi connectivity index (χ0v) is 16.1. The number of carbonyl (C=O) groups excluding carboxylic acids is 3. The summed E-state index contributed by atoms with van der Waals surface area (Å²) in [5.74, 6) is 0.476. The minimum Gasteiger partial charge on any atom is -0.497 e. The molecule has 4 atom stereocenters. The summed E-state index contributed by atoms with van der Waals surface area (Å²) in [5.41, 5.74) is 1.48. The summed E-state index contributed by atoms with van der Waals surface area (Å²) in [6.45, 7) is 0. The molecule has 148 valence electrons. The molecular weight excluding hydrogens is 368 g/mol. The van der Waals surface area contributed by atoms with Gasteiger partial charge in [-0.15, -0.1) is 0 Å². The van der Waals surface area contributed by atoms with E-state index in [-0.39, 0.29) is 29.6 Å². The van der Waals surface area contributed by atoms with E-state index in [0.29, 0.717) is 34.5 Å². The molecule has 2 aromatic rings. The zero-order valence-electron chi connectivity index (χ0n) is 16.1. The molecule has 5 rings (SSSR count). The maximum absolute atomic E-state index is 13.0. The molecule has 2 aromatic carbocycles. The Bertz CT molecular complexity index is 989. The van der Waals surface area contributed by atoms with Crippen molar-refractivity contribution in [2.75, 3.05) is 17.3 Å². The van der Waals surface area contributed by atoms with Crippen molar-refractivity contribution in [3.05, 3.63) is 54.1 Å². The average Bonchev–Trinajstić information content (AvgIpc) is 3.42. The first-order valence-electron chi connectivity index (χ1n) is 10.00. The third kappa shape index (κ3) is 2.82. The van der Waals surface area contributed by atoms with E-state index >= 15 is 0 Å². The summed E-state index contributed by atoms with van der Waals surface area (Å²) in [6, 6.07) is 13.8. The van der Waals surface area contributed by atoms with E-state index in [0.717, 1.165) is 19.3 Å². The number of hydrogen-bond acceptors (Lipinski definition) is 4. The molecule has 29 heavy (non-hydrogen) atoms. The van der Waals surface area contributed by atoms with E-state index in [1.165, 1.54) is 4.90 Å². The first kappa shape index (κ1) is 17.9. The maximum Gasteiger partial charge on any atom is 0.255 e. The molecule has 1 heterocycles. The van der Waals surface area contributed by atoms with Gasteiger partial charge in [-0.25, -0.2) is 0 Å². The van der Waals surface area contributed by atoms with Crippen LogP contribution < -0.4 is 15.0 Å². The van der Waals surface area contributed by atoms with Gasteiger partial charge in [-0.05, 0) is 61.4 Å². The van der Waals surface area contributed by atoms with Crippen LogP contribution in [0.5, 0.6) is 5.75 Å². The first-order valence-corrected chi connectivity index (χ1v) is 10.00. The third-order valence-electron chi connectivity index (χ3n) is 6.62. The van der Waals surface area contributed by atoms with Crippen LogP contribution in [0.2, 0.25) is 0 Å². The van der Waals surface area contributed by atoms with Crippen LogP contribution in [0.15, 0.2) is 48.5 Å². The average molecular weight is 390 g/mol. The van der Waals surface area contributed by atoms with Gasteiger partial charge in [0.1, 0.15) is 5.75 Å². The summed E-state index contributed by atoms with van der Waals surface area (Å²) >= 11 is 0. The highest BCUT2D eigenvalue weighted by Gasteiger charge is 2.61. The van der Waals surface area contributed by atoms with Crippen molar-refractivity contribution in [3.8, 4) is 5.75 Å². The molecule has 3 fully saturated rings. The third-order valence-corrected chi connectivity index (χ3v) is 6.62. The highest BCUT2D eigenvalue weighted by atomic mass is 16.5. The SMILES string of the molecule is COc1cccc(NC(=O)c2cccc(N3C(=O)[C@@H]4[C@H]5CC[C@@H](C5)[C@H]4C3=O)c2)c1. The van der Waals surface area contributed by atoms with Gasteiger partial charge in [0.25, 0.3) is 5.91 Å². The molecule has 1 saturated heterocycles. The number of fused-ring (bicyclic) bond motifs is 5. The van der Waals surface area contributed by atoms with Crippen LogP contribution in [0.3, 0.4) is 0 Å². The van der Waals surface area contributed by atoms with Crippen molar-refractivity contribution in [1.82, 2.24) is 0 Å². The number of hydrogen-bond donors (Lipinski definition) is 1. The number of nitrogens with one attached hydrogen (secondary N) is 1. The molecule has 0 aromatic heterocycles. The van der Waals surface area contributed by atoms with Gasteiger partial charge in [0, 0.05) is 17.3 Å². The Kier molecular flexibility index (Phi) is 4.15. The van der Waals surface area contributed by atoms with Gasteiger partial charge in [0.15, 0.2) is 0 Å². The topological polar surface area (TPSA) is 75.7 Å². The predicted octanol–water partition coefficient (Wildman–Crippen LogP) is 3.48. The highest BCUT2D eigenvalue weighted by molar-refractivity contribution is 6.23. The smallest absolute Gasteiger partial charge is 0.255 e. The van der Waals surface area contributed by atoms with E-state index in [1.54, 1.807) is 55.6 Å². The minimum absolute atomic E-state index is 0.0995. The lowest BCUT2D eigenvalue weighted by molar-refractivity contribution is -0.123. The molecule has 1 aliphatic heterocycles. The summed E-state index contributed by atoms with van der Waals surface area (Å²) < 4.78 is 5.18. The van der Waals surface area contributed by atoms with Gasteiger partial charge >= 0.3 is 0 Å². The van der Waals surface area contributed by atoms with E-state index in [2.05, 4.69) is 5.32 Å². The van der Waals surface area contributed by atoms with Crippen LogP contribution in [0.1, 0.15) is 29.6 Å². The van der Waals surface area contributed by atoms with Crippen LogP contribution in [-0.2, 0) is 9.59 Å². The number of anilines is 2. The van der Waals surface area contributed by atoms with Gasteiger partial charge < -0.3 is 10.1 Å². The van der Waals surface area contributed by atoms with Crippen molar-refractivity contribution in [2.45, 2.75) is 19.3 Å². The minimum atomic E-state index is -0.306. The molecule has 2 saturated carbocycles. The molecule has 3 amide bonds. The molecule has 6 heteroatoms. The van der Waals surface area contributed by atoms with Crippen LogP contribution >= 0.6 is 0 Å². The van der Waals surface area contributed by atoms with Crippen LogP contribution in [-0.4, -0.2) is 24.8 Å². The van der Waals surface area contributed by atoms with E-state index in [1.807, 2.05) is 0 Å². The van der Waals surface area contributed by atoms with Gasteiger partial charge in [0.2, 0.25) is 11.8 Å². The molecule has 2 aliphatic carbocycles. The maximum atomic E-state index is 13.0. The fourth-order valence-corrected chi connectivity index (χ4v) is 5.35. The Labute approximate surface area is 168 Å². The lowest BCUT2D eigenvalue weighted by Gasteiger charge is -2.19. The number of benzene rings is 2. The molecule has 0 radical (unpaired) electrons. The summed E-state index contributed by atoms with van der Waals surface area (Å²) in [6.07, 6.45) is 3.09. The molecule has 3 aliphatic rings. The molecule has 2 bridgehead atoms. The number of rotatable bonds is 4. The first-order chi connectivity index (χ1) is 14.1. The number of nitrogens with zero attached hydrogens (tertiary/aromatic N) is 1. The standard InChI is InChI=1S/C23H22N2O4/c1-29-18-7-3-5-16(12-18)24-21(26)15-4-2-6-17(11-15)25-22(27)19-13-8-9-14(10-13)20(19)23(25)28/h2-7,11-14,19-20H,8-10H2,1H3,(H,24,26)/t13-,14-,19+,20+/m0/s1. The number of imide groups is 1.